The number of hydrogen-bond acceptors (Lipinski definition) is 1. The summed E-state index contributed by atoms with van der Waals surface area (Å²) in [6, 6.07) is 1.10. The minimum absolute atomic E-state index is 0.177. The van der Waals surface area contributed by atoms with Gasteiger partial charge >= 0.3 is 6.18 Å². The molecule has 3 atom stereocenters. The lowest BCUT2D eigenvalue weighted by Crippen LogP contribution is -2.43. The summed E-state index contributed by atoms with van der Waals surface area (Å²) in [5.41, 5.74) is 0.637. The molecule has 0 radical (unpaired) electrons. The number of fused-ring (bicyclic) bond motifs is 1. The Balaban J connectivity index is 1.67. The number of alkyl halides is 5. The number of amides is 1. The quantitative estimate of drug-likeness (QED) is 0.572. The minimum atomic E-state index is -4.38. The molecule has 2 heterocycles. The van der Waals surface area contributed by atoms with Crippen LogP contribution in [-0.2, 0) is 23.9 Å². The molecule has 2 aliphatic rings. The van der Waals surface area contributed by atoms with Crippen molar-refractivity contribution in [2.24, 2.45) is 5.92 Å². The Hall–Kier alpha value is -1.60. The highest BCUT2D eigenvalue weighted by Gasteiger charge is 2.40. The molecule has 1 N–H and O–H groups in total. The van der Waals surface area contributed by atoms with E-state index in [2.05, 4.69) is 5.32 Å². The van der Waals surface area contributed by atoms with Crippen LogP contribution in [0.25, 0.3) is 0 Å². The number of nitrogens with one attached hydrogen (secondary N) is 1. The lowest BCUT2D eigenvalue weighted by molar-refractivity contribution is -0.138. The summed E-state index contributed by atoms with van der Waals surface area (Å²) in [5.74, 6) is -1.76. The van der Waals surface area contributed by atoms with Gasteiger partial charge in [-0.1, -0.05) is 0 Å². The molecule has 1 aliphatic heterocycles. The molecule has 3 unspecified atom stereocenters. The van der Waals surface area contributed by atoms with E-state index in [0.29, 0.717) is 44.3 Å². The molecule has 8 heteroatoms. The fraction of sp³-hybridized carbons (Fsp3) is 0.773. The van der Waals surface area contributed by atoms with Crippen LogP contribution in [0.4, 0.5) is 22.0 Å². The van der Waals surface area contributed by atoms with Crippen LogP contribution in [0.5, 0.6) is 0 Å². The third-order valence-corrected chi connectivity index (χ3v) is 6.52. The van der Waals surface area contributed by atoms with Gasteiger partial charge in [0.05, 0.1) is 17.7 Å². The Morgan fingerprint density at radius 3 is 2.40 bits per heavy atom. The molecule has 1 aromatic heterocycles. The maximum absolute atomic E-state index is 13.8. The molecule has 170 valence electrons. The van der Waals surface area contributed by atoms with Crippen LogP contribution in [0.15, 0.2) is 6.07 Å². The summed E-state index contributed by atoms with van der Waals surface area (Å²) >= 11 is 0. The van der Waals surface area contributed by atoms with Gasteiger partial charge in [0.1, 0.15) is 6.17 Å². The van der Waals surface area contributed by atoms with Crippen molar-refractivity contribution in [3.8, 4) is 0 Å². The van der Waals surface area contributed by atoms with Crippen molar-refractivity contribution in [1.82, 2.24) is 9.88 Å². The van der Waals surface area contributed by atoms with Crippen molar-refractivity contribution >= 4 is 5.91 Å². The van der Waals surface area contributed by atoms with Gasteiger partial charge in [-0.2, -0.15) is 13.2 Å². The molecule has 0 aromatic carbocycles. The molecule has 1 aliphatic carbocycles. The number of halogens is 5. The Bertz CT molecular complexity index is 733. The Labute approximate surface area is 174 Å². The van der Waals surface area contributed by atoms with Crippen LogP contribution in [0.3, 0.4) is 0 Å². The first-order chi connectivity index (χ1) is 14.1. The van der Waals surface area contributed by atoms with E-state index in [4.69, 9.17) is 0 Å². The molecule has 3 rings (SSSR count). The van der Waals surface area contributed by atoms with Crippen LogP contribution in [0.1, 0.15) is 81.7 Å². The first-order valence-electron chi connectivity index (χ1n) is 11.0. The maximum Gasteiger partial charge on any atom is 0.418 e. The largest absolute Gasteiger partial charge is 0.418 e. The molecule has 0 bridgehead atoms. The van der Waals surface area contributed by atoms with Crippen molar-refractivity contribution in [3.63, 3.8) is 0 Å². The molecule has 3 nitrogen and oxygen atoms in total. The third kappa shape index (κ3) is 5.17. The lowest BCUT2D eigenvalue weighted by atomic mass is 9.82. The summed E-state index contributed by atoms with van der Waals surface area (Å²) in [6.45, 7) is 3.16. The highest BCUT2D eigenvalue weighted by atomic mass is 19.4. The predicted octanol–water partition coefficient (Wildman–Crippen LogP) is 5.71. The van der Waals surface area contributed by atoms with Gasteiger partial charge < -0.3 is 9.88 Å². The number of carbonyl (C=O) groups excluding carboxylic acids is 1. The van der Waals surface area contributed by atoms with E-state index in [1.807, 2.05) is 4.57 Å². The highest BCUT2D eigenvalue weighted by molar-refractivity contribution is 5.79. The zero-order valence-corrected chi connectivity index (χ0v) is 17.6. The average Bonchev–Trinajstić information content (AvgIpc) is 3.06. The van der Waals surface area contributed by atoms with E-state index in [0.717, 1.165) is 18.5 Å². The maximum atomic E-state index is 13.8. The van der Waals surface area contributed by atoms with Crippen LogP contribution >= 0.6 is 0 Å². The molecule has 0 saturated heterocycles. The molecular weight excluding hydrogens is 403 g/mol. The molecule has 1 fully saturated rings. The number of nitrogens with zero attached hydrogens (tertiary/aromatic N) is 1. The monoisotopic (exact) mass is 434 g/mol. The Morgan fingerprint density at radius 1 is 1.17 bits per heavy atom. The number of aromatic nitrogens is 1. The molecule has 1 saturated carbocycles. The smallest absolute Gasteiger partial charge is 0.353 e. The van der Waals surface area contributed by atoms with Crippen LogP contribution in [0.2, 0.25) is 0 Å². The molecule has 30 heavy (non-hydrogen) atoms. The van der Waals surface area contributed by atoms with Gasteiger partial charge in [0, 0.05) is 24.0 Å². The van der Waals surface area contributed by atoms with Crippen LogP contribution in [-0.4, -0.2) is 28.9 Å². The third-order valence-electron chi connectivity index (χ3n) is 6.52. The van der Waals surface area contributed by atoms with Crippen molar-refractivity contribution < 1.29 is 26.7 Å². The van der Waals surface area contributed by atoms with Gasteiger partial charge in [-0.3, -0.25) is 4.79 Å². The predicted molar refractivity (Wildman–Crippen MR) is 105 cm³/mol. The van der Waals surface area contributed by atoms with Crippen molar-refractivity contribution in [1.29, 1.82) is 0 Å². The second-order valence-corrected chi connectivity index (χ2v) is 8.90. The Kier molecular flexibility index (Phi) is 7.13. The minimum Gasteiger partial charge on any atom is -0.353 e. The lowest BCUT2D eigenvalue weighted by Gasteiger charge is -2.32. The summed E-state index contributed by atoms with van der Waals surface area (Å²) < 4.78 is 69.9. The van der Waals surface area contributed by atoms with Crippen molar-refractivity contribution in [2.75, 3.05) is 0 Å². The second-order valence-electron chi connectivity index (χ2n) is 8.90. The van der Waals surface area contributed by atoms with E-state index < -0.39 is 35.9 Å². The summed E-state index contributed by atoms with van der Waals surface area (Å²) in [5, 5.41) is 2.80. The van der Waals surface area contributed by atoms with Crippen molar-refractivity contribution in [2.45, 2.75) is 102 Å². The SMILES string of the molecule is CC(F)CC(C(=O)NC1CCC(c2c(C(F)(F)F)cc3n2CCCC3)CC1)C(C)F. The summed E-state index contributed by atoms with van der Waals surface area (Å²) in [4.78, 5) is 12.4. The first kappa shape index (κ1) is 23.1. The van der Waals surface area contributed by atoms with Crippen LogP contribution in [0, 0.1) is 5.92 Å². The van der Waals surface area contributed by atoms with Gasteiger partial charge in [0.25, 0.3) is 0 Å². The Morgan fingerprint density at radius 2 is 1.83 bits per heavy atom. The van der Waals surface area contributed by atoms with E-state index in [1.165, 1.54) is 19.9 Å². The molecule has 1 amide bonds. The number of hydrogen-bond donors (Lipinski definition) is 1. The highest BCUT2D eigenvalue weighted by Crippen LogP contribution is 2.43. The van der Waals surface area contributed by atoms with Gasteiger partial charge in [-0.15, -0.1) is 0 Å². The van der Waals surface area contributed by atoms with Gasteiger partial charge in [-0.05, 0) is 77.2 Å². The summed E-state index contributed by atoms with van der Waals surface area (Å²) in [7, 11) is 0. The fourth-order valence-corrected chi connectivity index (χ4v) is 5.01. The number of carbonyl (C=O) groups is 1. The van der Waals surface area contributed by atoms with Gasteiger partial charge in [0.15, 0.2) is 0 Å². The van der Waals surface area contributed by atoms with Crippen LogP contribution < -0.4 is 5.32 Å². The van der Waals surface area contributed by atoms with Crippen molar-refractivity contribution in [3.05, 3.63) is 23.0 Å². The van der Waals surface area contributed by atoms with E-state index >= 15 is 0 Å². The standard InChI is InChI=1S/C22H31F5N2O/c1-13(23)11-18(14(2)24)21(30)28-16-8-6-15(7-9-16)20-19(22(25,26)27)12-17-5-3-4-10-29(17)20/h12-16,18H,3-11H2,1-2H3,(H,28,30). The summed E-state index contributed by atoms with van der Waals surface area (Å²) in [6.07, 6.45) is -2.69. The fourth-order valence-electron chi connectivity index (χ4n) is 5.01. The molecule has 1 aromatic rings. The molecular formula is C22H31F5N2O. The first-order valence-corrected chi connectivity index (χ1v) is 11.0. The number of aryl methyl sites for hydroxylation is 1. The topological polar surface area (TPSA) is 34.0 Å². The van der Waals surface area contributed by atoms with E-state index in [-0.39, 0.29) is 18.4 Å². The van der Waals surface area contributed by atoms with Gasteiger partial charge in [0.2, 0.25) is 5.91 Å². The zero-order chi connectivity index (χ0) is 22.1. The molecule has 0 spiro atoms. The zero-order valence-electron chi connectivity index (χ0n) is 17.6. The van der Waals surface area contributed by atoms with E-state index in [1.54, 1.807) is 0 Å². The normalized spacial score (nSPS) is 25.3. The number of rotatable bonds is 6. The van der Waals surface area contributed by atoms with E-state index in [9.17, 15) is 26.7 Å². The average molecular weight is 434 g/mol. The second kappa shape index (κ2) is 9.27. The van der Waals surface area contributed by atoms with Gasteiger partial charge in [-0.25, -0.2) is 8.78 Å².